The largest absolute Gasteiger partial charge is 0.348 e. The highest BCUT2D eigenvalue weighted by Gasteiger charge is 2.19. The number of rotatable bonds is 4. The molecule has 0 radical (unpaired) electrons. The lowest BCUT2D eigenvalue weighted by atomic mass is 10.1. The molecule has 1 aromatic carbocycles. The molecular formula is C13H13Cl2N3O3. The quantitative estimate of drug-likeness (QED) is 0.505. The van der Waals surface area contributed by atoms with Gasteiger partial charge in [0, 0.05) is 25.2 Å². The molecule has 0 aromatic heterocycles. The second-order valence-corrected chi connectivity index (χ2v) is 5.33. The summed E-state index contributed by atoms with van der Waals surface area (Å²) in [7, 11) is 0. The molecule has 2 N–H and O–H groups in total. The van der Waals surface area contributed by atoms with Crippen LogP contribution in [0.1, 0.15) is 16.8 Å². The summed E-state index contributed by atoms with van der Waals surface area (Å²) in [6, 6.07) is 2.25. The number of hydrogen-bond acceptors (Lipinski definition) is 4. The highest BCUT2D eigenvalue weighted by atomic mass is 35.5. The SMILES string of the molecule is O=C(NCC1=CCNCC1)c1cc([N+](=O)[O-])cc(Cl)c1Cl. The zero-order valence-corrected chi connectivity index (χ0v) is 12.5. The summed E-state index contributed by atoms with van der Waals surface area (Å²) in [6.45, 7) is 2.02. The van der Waals surface area contributed by atoms with Crippen LogP contribution in [0.25, 0.3) is 0 Å². The van der Waals surface area contributed by atoms with Gasteiger partial charge in [-0.2, -0.15) is 0 Å². The fourth-order valence-corrected chi connectivity index (χ4v) is 2.37. The lowest BCUT2D eigenvalue weighted by molar-refractivity contribution is -0.384. The van der Waals surface area contributed by atoms with Gasteiger partial charge in [-0.15, -0.1) is 0 Å². The van der Waals surface area contributed by atoms with Crippen LogP contribution in [0.2, 0.25) is 10.0 Å². The van der Waals surface area contributed by atoms with E-state index in [0.29, 0.717) is 6.54 Å². The van der Waals surface area contributed by atoms with Crippen LogP contribution in [0, 0.1) is 10.1 Å². The summed E-state index contributed by atoms with van der Waals surface area (Å²) in [4.78, 5) is 22.3. The van der Waals surface area contributed by atoms with Crippen molar-refractivity contribution in [1.29, 1.82) is 0 Å². The molecule has 6 nitrogen and oxygen atoms in total. The molecule has 0 aliphatic carbocycles. The number of non-ortho nitro benzene ring substituents is 1. The van der Waals surface area contributed by atoms with Crippen LogP contribution in [-0.4, -0.2) is 30.5 Å². The second-order valence-electron chi connectivity index (χ2n) is 4.55. The average Bonchev–Trinajstić information content (AvgIpc) is 2.48. The first-order chi connectivity index (χ1) is 9.99. The van der Waals surface area contributed by atoms with Gasteiger partial charge in [0.05, 0.1) is 20.5 Å². The van der Waals surface area contributed by atoms with E-state index in [4.69, 9.17) is 23.2 Å². The van der Waals surface area contributed by atoms with Crippen molar-refractivity contribution >= 4 is 34.8 Å². The lowest BCUT2D eigenvalue weighted by Gasteiger charge is -2.15. The maximum Gasteiger partial charge on any atom is 0.271 e. The first kappa shape index (κ1) is 15.8. The normalized spacial score (nSPS) is 14.5. The number of nitro groups is 1. The minimum Gasteiger partial charge on any atom is -0.348 e. The number of nitrogens with one attached hydrogen (secondary N) is 2. The Morgan fingerprint density at radius 3 is 2.81 bits per heavy atom. The average molecular weight is 330 g/mol. The van der Waals surface area contributed by atoms with Crippen LogP contribution >= 0.6 is 23.2 Å². The lowest BCUT2D eigenvalue weighted by Crippen LogP contribution is -2.29. The first-order valence-electron chi connectivity index (χ1n) is 6.29. The highest BCUT2D eigenvalue weighted by Crippen LogP contribution is 2.30. The Labute approximate surface area is 131 Å². The summed E-state index contributed by atoms with van der Waals surface area (Å²) in [6.07, 6.45) is 2.86. The molecule has 0 fully saturated rings. The fourth-order valence-electron chi connectivity index (χ4n) is 1.96. The van der Waals surface area contributed by atoms with E-state index in [1.165, 1.54) is 0 Å². The smallest absolute Gasteiger partial charge is 0.271 e. The third kappa shape index (κ3) is 3.93. The molecule has 8 heteroatoms. The Bertz CT molecular complexity index is 617. The number of carbonyl (C=O) groups excluding carboxylic acids is 1. The van der Waals surface area contributed by atoms with Crippen LogP contribution in [0.4, 0.5) is 5.69 Å². The minimum atomic E-state index is -0.617. The van der Waals surface area contributed by atoms with Gasteiger partial charge in [0.15, 0.2) is 0 Å². The number of nitrogens with zero attached hydrogens (tertiary/aromatic N) is 1. The molecule has 1 heterocycles. The van der Waals surface area contributed by atoms with Crippen molar-refractivity contribution < 1.29 is 9.72 Å². The molecule has 1 aliphatic rings. The van der Waals surface area contributed by atoms with Gasteiger partial charge in [0.1, 0.15) is 0 Å². The molecule has 0 saturated carbocycles. The van der Waals surface area contributed by atoms with Gasteiger partial charge in [-0.25, -0.2) is 0 Å². The van der Waals surface area contributed by atoms with Crippen molar-refractivity contribution in [2.24, 2.45) is 0 Å². The Hall–Kier alpha value is -1.63. The molecule has 1 amide bonds. The van der Waals surface area contributed by atoms with Crippen molar-refractivity contribution in [3.05, 3.63) is 49.5 Å². The van der Waals surface area contributed by atoms with Gasteiger partial charge in [-0.1, -0.05) is 34.9 Å². The molecular weight excluding hydrogens is 317 g/mol. The van der Waals surface area contributed by atoms with E-state index in [9.17, 15) is 14.9 Å². The van der Waals surface area contributed by atoms with Gasteiger partial charge < -0.3 is 10.6 Å². The van der Waals surface area contributed by atoms with Gasteiger partial charge >= 0.3 is 0 Å². The molecule has 2 rings (SSSR count). The van der Waals surface area contributed by atoms with E-state index in [2.05, 4.69) is 10.6 Å². The van der Waals surface area contributed by atoms with Crippen molar-refractivity contribution in [1.82, 2.24) is 10.6 Å². The number of amides is 1. The molecule has 0 saturated heterocycles. The van der Waals surface area contributed by atoms with Crippen LogP contribution < -0.4 is 10.6 Å². The summed E-state index contributed by atoms with van der Waals surface area (Å²) in [5.41, 5.74) is 0.843. The van der Waals surface area contributed by atoms with Crippen LogP contribution in [-0.2, 0) is 0 Å². The van der Waals surface area contributed by atoms with E-state index >= 15 is 0 Å². The summed E-state index contributed by atoms with van der Waals surface area (Å²) in [5, 5.41) is 16.7. The van der Waals surface area contributed by atoms with Gasteiger partial charge in [0.25, 0.3) is 11.6 Å². The van der Waals surface area contributed by atoms with Crippen LogP contribution in [0.15, 0.2) is 23.8 Å². The number of carbonyl (C=O) groups is 1. The maximum absolute atomic E-state index is 12.1. The zero-order valence-electron chi connectivity index (χ0n) is 11.0. The third-order valence-electron chi connectivity index (χ3n) is 3.10. The molecule has 112 valence electrons. The summed E-state index contributed by atoms with van der Waals surface area (Å²) < 4.78 is 0. The fraction of sp³-hybridized carbons (Fsp3) is 0.308. The molecule has 21 heavy (non-hydrogen) atoms. The number of nitro benzene ring substituents is 1. The van der Waals surface area contributed by atoms with Crippen LogP contribution in [0.3, 0.4) is 0 Å². The third-order valence-corrected chi connectivity index (χ3v) is 3.90. The molecule has 0 bridgehead atoms. The Balaban J connectivity index is 2.14. The molecule has 0 spiro atoms. The van der Waals surface area contributed by atoms with E-state index in [1.54, 1.807) is 0 Å². The molecule has 0 unspecified atom stereocenters. The van der Waals surface area contributed by atoms with Crippen LogP contribution in [0.5, 0.6) is 0 Å². The maximum atomic E-state index is 12.1. The molecule has 1 aromatic rings. The number of benzene rings is 1. The van der Waals surface area contributed by atoms with Gasteiger partial charge in [0.2, 0.25) is 0 Å². The zero-order chi connectivity index (χ0) is 15.4. The predicted molar refractivity (Wildman–Crippen MR) is 81.0 cm³/mol. The second kappa shape index (κ2) is 6.89. The summed E-state index contributed by atoms with van der Waals surface area (Å²) >= 11 is 11.8. The number of halogens is 2. The van der Waals surface area contributed by atoms with Crippen molar-refractivity contribution in [2.45, 2.75) is 6.42 Å². The summed E-state index contributed by atoms with van der Waals surface area (Å²) in [5.74, 6) is -0.481. The highest BCUT2D eigenvalue weighted by molar-refractivity contribution is 6.44. The minimum absolute atomic E-state index is 0.00500. The van der Waals surface area contributed by atoms with E-state index in [1.807, 2.05) is 6.08 Å². The van der Waals surface area contributed by atoms with Crippen molar-refractivity contribution in [3.63, 3.8) is 0 Å². The topological polar surface area (TPSA) is 84.3 Å². The van der Waals surface area contributed by atoms with Crippen molar-refractivity contribution in [3.8, 4) is 0 Å². The van der Waals surface area contributed by atoms with E-state index in [0.717, 1.165) is 37.2 Å². The Morgan fingerprint density at radius 1 is 1.43 bits per heavy atom. The number of hydrogen-bond donors (Lipinski definition) is 2. The van der Waals surface area contributed by atoms with Gasteiger partial charge in [-0.05, 0) is 13.0 Å². The Morgan fingerprint density at radius 2 is 2.19 bits per heavy atom. The van der Waals surface area contributed by atoms with Gasteiger partial charge in [-0.3, -0.25) is 14.9 Å². The Kier molecular flexibility index (Phi) is 5.17. The van der Waals surface area contributed by atoms with E-state index < -0.39 is 10.8 Å². The first-order valence-corrected chi connectivity index (χ1v) is 7.05. The molecule has 1 aliphatic heterocycles. The molecule has 0 atom stereocenters. The standard InChI is InChI=1S/C13H13Cl2N3O3/c14-11-6-9(18(20)21)5-10(12(11)15)13(19)17-7-8-1-3-16-4-2-8/h1,5-6,16H,2-4,7H2,(H,17,19). The predicted octanol–water partition coefficient (Wildman–Crippen LogP) is 2.55. The van der Waals surface area contributed by atoms with Crippen molar-refractivity contribution in [2.75, 3.05) is 19.6 Å². The van der Waals surface area contributed by atoms with E-state index in [-0.39, 0.29) is 21.3 Å². The monoisotopic (exact) mass is 329 g/mol.